The SMILES string of the molecule is C[C@H](Oc1ccc(F)cc1-c1ccc(C(=O)N2CCCC2(C)C)c(Cl)c1)C(=O)OCC(C)(C)N. The number of rotatable bonds is 7. The first kappa shape index (κ1) is 26.0. The lowest BCUT2D eigenvalue weighted by Crippen LogP contribution is -2.42. The molecule has 1 fully saturated rings. The second-order valence-electron chi connectivity index (χ2n) is 10.1. The predicted octanol–water partition coefficient (Wildman–Crippen LogP) is 5.21. The lowest BCUT2D eigenvalue weighted by Gasteiger charge is -2.32. The van der Waals surface area contributed by atoms with Gasteiger partial charge in [-0.1, -0.05) is 17.7 Å². The zero-order valence-electron chi connectivity index (χ0n) is 20.3. The molecule has 0 aliphatic carbocycles. The number of ether oxygens (including phenoxy) is 2. The minimum atomic E-state index is -0.944. The maximum atomic E-state index is 14.1. The second kappa shape index (κ2) is 9.92. The van der Waals surface area contributed by atoms with Crippen molar-refractivity contribution < 1.29 is 23.5 Å². The largest absolute Gasteiger partial charge is 0.478 e. The molecule has 0 unspecified atom stereocenters. The molecule has 1 saturated heterocycles. The van der Waals surface area contributed by atoms with E-state index in [2.05, 4.69) is 0 Å². The average molecular weight is 491 g/mol. The highest BCUT2D eigenvalue weighted by molar-refractivity contribution is 6.34. The molecule has 0 saturated carbocycles. The minimum absolute atomic E-state index is 0.0364. The van der Waals surface area contributed by atoms with Crippen LogP contribution in [0.15, 0.2) is 36.4 Å². The molecule has 3 rings (SSSR count). The first-order chi connectivity index (χ1) is 15.8. The third-order valence-corrected chi connectivity index (χ3v) is 6.13. The van der Waals surface area contributed by atoms with Crippen LogP contribution in [0.3, 0.4) is 0 Å². The number of halogens is 2. The van der Waals surface area contributed by atoms with Gasteiger partial charge in [0.1, 0.15) is 18.2 Å². The van der Waals surface area contributed by atoms with Crippen molar-refractivity contribution in [1.82, 2.24) is 4.90 Å². The van der Waals surface area contributed by atoms with Crippen molar-refractivity contribution in [2.24, 2.45) is 5.73 Å². The van der Waals surface area contributed by atoms with Gasteiger partial charge in [-0.3, -0.25) is 4.79 Å². The van der Waals surface area contributed by atoms with Gasteiger partial charge in [-0.25, -0.2) is 9.18 Å². The number of carbonyl (C=O) groups is 2. The van der Waals surface area contributed by atoms with Crippen LogP contribution in [0, 0.1) is 5.82 Å². The van der Waals surface area contributed by atoms with Crippen LogP contribution < -0.4 is 10.5 Å². The Morgan fingerprint density at radius 2 is 1.94 bits per heavy atom. The highest BCUT2D eigenvalue weighted by Gasteiger charge is 2.36. The average Bonchev–Trinajstić information content (AvgIpc) is 3.11. The minimum Gasteiger partial charge on any atom is -0.478 e. The van der Waals surface area contributed by atoms with Crippen LogP contribution in [-0.2, 0) is 9.53 Å². The van der Waals surface area contributed by atoms with Crippen molar-refractivity contribution in [1.29, 1.82) is 0 Å². The number of carbonyl (C=O) groups excluding carboxylic acids is 2. The summed E-state index contributed by atoms with van der Waals surface area (Å²) in [5, 5.41) is 0.262. The predicted molar refractivity (Wildman–Crippen MR) is 131 cm³/mol. The Bertz CT molecular complexity index is 1080. The summed E-state index contributed by atoms with van der Waals surface area (Å²) in [6.45, 7) is 9.83. The Labute approximate surface area is 205 Å². The Kier molecular flexibility index (Phi) is 7.58. The fourth-order valence-electron chi connectivity index (χ4n) is 3.93. The summed E-state index contributed by atoms with van der Waals surface area (Å²) in [4.78, 5) is 27.3. The zero-order valence-corrected chi connectivity index (χ0v) is 21.0. The van der Waals surface area contributed by atoms with Gasteiger partial charge in [0.2, 0.25) is 0 Å². The summed E-state index contributed by atoms with van der Waals surface area (Å²) < 4.78 is 25.1. The Hall–Kier alpha value is -2.64. The molecule has 1 aliphatic rings. The number of nitrogens with two attached hydrogens (primary N) is 1. The molecular formula is C26H32ClFN2O4. The summed E-state index contributed by atoms with van der Waals surface area (Å²) in [5.41, 5.74) is 6.31. The van der Waals surface area contributed by atoms with Crippen molar-refractivity contribution in [3.8, 4) is 16.9 Å². The van der Waals surface area contributed by atoms with Gasteiger partial charge in [-0.15, -0.1) is 0 Å². The molecule has 8 heteroatoms. The van der Waals surface area contributed by atoms with E-state index in [1.165, 1.54) is 18.2 Å². The smallest absolute Gasteiger partial charge is 0.347 e. The van der Waals surface area contributed by atoms with E-state index in [1.807, 2.05) is 18.7 Å². The summed E-state index contributed by atoms with van der Waals surface area (Å²) in [6.07, 6.45) is 0.934. The molecule has 0 spiro atoms. The molecule has 0 bridgehead atoms. The molecule has 6 nitrogen and oxygen atoms in total. The molecule has 1 amide bonds. The van der Waals surface area contributed by atoms with Crippen molar-refractivity contribution in [2.75, 3.05) is 13.2 Å². The number of benzene rings is 2. The van der Waals surface area contributed by atoms with Gasteiger partial charge >= 0.3 is 5.97 Å². The van der Waals surface area contributed by atoms with Crippen molar-refractivity contribution in [3.05, 3.63) is 52.8 Å². The standard InChI is InChI=1S/C26H32ClFN2O4/c1-16(24(32)33-15-25(2,3)29)34-22-10-8-18(28)14-20(22)17-7-9-19(21(27)13-17)23(31)30-12-6-11-26(30,4)5/h7-10,13-14,16H,6,11-12,15,29H2,1-5H3/t16-/m0/s1. The number of nitrogens with zero attached hydrogens (tertiary/aromatic N) is 1. The molecule has 184 valence electrons. The Morgan fingerprint density at radius 1 is 1.24 bits per heavy atom. The first-order valence-electron chi connectivity index (χ1n) is 11.3. The second-order valence-corrected chi connectivity index (χ2v) is 10.5. The Morgan fingerprint density at radius 3 is 2.53 bits per heavy atom. The third kappa shape index (κ3) is 6.07. The Balaban J connectivity index is 1.85. The number of esters is 1. The molecule has 1 atom stereocenters. The maximum absolute atomic E-state index is 14.1. The summed E-state index contributed by atoms with van der Waals surface area (Å²) in [6, 6.07) is 8.94. The molecule has 2 aromatic rings. The monoisotopic (exact) mass is 490 g/mol. The zero-order chi connectivity index (χ0) is 25.3. The quantitative estimate of drug-likeness (QED) is 0.539. The van der Waals surface area contributed by atoms with E-state index in [9.17, 15) is 14.0 Å². The summed E-state index contributed by atoms with van der Waals surface area (Å²) in [5.74, 6) is -0.902. The van der Waals surface area contributed by atoms with Gasteiger partial charge < -0.3 is 20.1 Å². The van der Waals surface area contributed by atoms with Crippen LogP contribution in [-0.4, -0.2) is 47.1 Å². The number of hydrogen-bond acceptors (Lipinski definition) is 5. The van der Waals surface area contributed by atoms with Crippen LogP contribution >= 0.6 is 11.6 Å². The topological polar surface area (TPSA) is 81.9 Å². The van der Waals surface area contributed by atoms with Crippen LogP contribution in [0.1, 0.15) is 57.8 Å². The number of likely N-dealkylation sites (tertiary alicyclic amines) is 1. The van der Waals surface area contributed by atoms with Gasteiger partial charge in [-0.2, -0.15) is 0 Å². The molecule has 0 radical (unpaired) electrons. The summed E-state index contributed by atoms with van der Waals surface area (Å²) >= 11 is 6.51. The van der Waals surface area contributed by atoms with Gasteiger partial charge in [0.15, 0.2) is 6.10 Å². The van der Waals surface area contributed by atoms with Crippen LogP contribution in [0.2, 0.25) is 5.02 Å². The third-order valence-electron chi connectivity index (χ3n) is 5.82. The molecule has 2 N–H and O–H groups in total. The van der Waals surface area contributed by atoms with E-state index in [0.29, 0.717) is 23.2 Å². The first-order valence-corrected chi connectivity index (χ1v) is 11.7. The fraction of sp³-hybridized carbons (Fsp3) is 0.462. The van der Waals surface area contributed by atoms with E-state index in [4.69, 9.17) is 26.8 Å². The number of amides is 1. The normalized spacial score (nSPS) is 16.3. The van der Waals surface area contributed by atoms with E-state index in [1.54, 1.807) is 39.0 Å². The van der Waals surface area contributed by atoms with Gasteiger partial charge in [0, 0.05) is 23.2 Å². The van der Waals surface area contributed by atoms with Gasteiger partial charge in [0.25, 0.3) is 5.91 Å². The molecule has 2 aromatic carbocycles. The van der Waals surface area contributed by atoms with Crippen molar-refractivity contribution in [3.63, 3.8) is 0 Å². The van der Waals surface area contributed by atoms with Crippen LogP contribution in [0.25, 0.3) is 11.1 Å². The van der Waals surface area contributed by atoms with Crippen molar-refractivity contribution in [2.45, 2.75) is 64.6 Å². The highest BCUT2D eigenvalue weighted by Crippen LogP contribution is 2.36. The van der Waals surface area contributed by atoms with Gasteiger partial charge in [0.05, 0.1) is 10.6 Å². The lowest BCUT2D eigenvalue weighted by atomic mass is 9.99. The van der Waals surface area contributed by atoms with Crippen LogP contribution in [0.5, 0.6) is 5.75 Å². The fourth-order valence-corrected chi connectivity index (χ4v) is 4.19. The van der Waals surface area contributed by atoms with E-state index >= 15 is 0 Å². The molecule has 1 heterocycles. The van der Waals surface area contributed by atoms with Crippen molar-refractivity contribution >= 4 is 23.5 Å². The van der Waals surface area contributed by atoms with Crippen LogP contribution in [0.4, 0.5) is 4.39 Å². The maximum Gasteiger partial charge on any atom is 0.347 e. The highest BCUT2D eigenvalue weighted by atomic mass is 35.5. The summed E-state index contributed by atoms with van der Waals surface area (Å²) in [7, 11) is 0. The van der Waals surface area contributed by atoms with E-state index in [0.717, 1.165) is 12.8 Å². The molecule has 0 aromatic heterocycles. The molecule has 34 heavy (non-hydrogen) atoms. The van der Waals surface area contributed by atoms with Gasteiger partial charge in [-0.05, 0) is 83.4 Å². The number of hydrogen-bond donors (Lipinski definition) is 1. The molecular weight excluding hydrogens is 459 g/mol. The lowest BCUT2D eigenvalue weighted by molar-refractivity contribution is -0.152. The molecule has 1 aliphatic heterocycles. The van der Waals surface area contributed by atoms with E-state index < -0.39 is 23.4 Å². The van der Waals surface area contributed by atoms with E-state index in [-0.39, 0.29) is 28.8 Å².